The fourth-order valence-corrected chi connectivity index (χ4v) is 3.22. The van der Waals surface area contributed by atoms with Gasteiger partial charge in [0.2, 0.25) is 0 Å². The molecular weight excluding hydrogens is 254 g/mol. The summed E-state index contributed by atoms with van der Waals surface area (Å²) in [6.45, 7) is 4.45. The van der Waals surface area contributed by atoms with Gasteiger partial charge in [0, 0.05) is 12.1 Å². The van der Waals surface area contributed by atoms with E-state index in [2.05, 4.69) is 12.2 Å². The number of para-hydroxylation sites is 1. The highest BCUT2D eigenvalue weighted by atomic mass is 16.6. The molecule has 2 unspecified atom stereocenters. The van der Waals surface area contributed by atoms with Crippen molar-refractivity contribution >= 4 is 11.4 Å². The van der Waals surface area contributed by atoms with Crippen LogP contribution in [0, 0.1) is 23.0 Å². The summed E-state index contributed by atoms with van der Waals surface area (Å²) in [5, 5.41) is 14.7. The maximum Gasteiger partial charge on any atom is 0.295 e. The highest BCUT2D eigenvalue weighted by Gasteiger charge is 2.38. The van der Waals surface area contributed by atoms with Gasteiger partial charge in [-0.05, 0) is 31.7 Å². The van der Waals surface area contributed by atoms with E-state index in [0.717, 1.165) is 19.3 Å². The third-order valence-electron chi connectivity index (χ3n) is 4.62. The lowest BCUT2D eigenvalue weighted by atomic mass is 9.73. The fraction of sp³-hybridized carbons (Fsp3) is 0.600. The van der Waals surface area contributed by atoms with Crippen LogP contribution in [0.1, 0.15) is 38.2 Å². The molecule has 2 rings (SSSR count). The summed E-state index contributed by atoms with van der Waals surface area (Å²) >= 11 is 0. The van der Waals surface area contributed by atoms with E-state index in [0.29, 0.717) is 23.7 Å². The summed E-state index contributed by atoms with van der Waals surface area (Å²) in [6.07, 6.45) is 4.41. The maximum atomic E-state index is 11.3. The first-order valence-electron chi connectivity index (χ1n) is 7.22. The van der Waals surface area contributed by atoms with Crippen molar-refractivity contribution in [3.63, 3.8) is 0 Å². The normalized spacial score (nSPS) is 26.2. The molecule has 1 saturated carbocycles. The zero-order valence-electron chi connectivity index (χ0n) is 12.2. The van der Waals surface area contributed by atoms with Crippen molar-refractivity contribution in [2.75, 3.05) is 11.9 Å². The van der Waals surface area contributed by atoms with Crippen molar-refractivity contribution in [1.82, 2.24) is 0 Å². The van der Waals surface area contributed by atoms with Gasteiger partial charge in [0.15, 0.2) is 0 Å². The Kier molecular flexibility index (Phi) is 4.28. The van der Waals surface area contributed by atoms with Crippen LogP contribution in [0.25, 0.3) is 0 Å². The Labute approximate surface area is 119 Å². The van der Waals surface area contributed by atoms with Crippen molar-refractivity contribution in [3.8, 4) is 0 Å². The second-order valence-electron chi connectivity index (χ2n) is 5.86. The van der Waals surface area contributed by atoms with Crippen molar-refractivity contribution in [3.05, 3.63) is 33.9 Å². The third-order valence-corrected chi connectivity index (χ3v) is 4.62. The quantitative estimate of drug-likeness (QED) is 0.654. The Morgan fingerprint density at radius 1 is 1.50 bits per heavy atom. The largest absolute Gasteiger partial charge is 0.373 e. The van der Waals surface area contributed by atoms with Crippen LogP contribution in [0.15, 0.2) is 18.2 Å². The average molecular weight is 277 g/mol. The average Bonchev–Trinajstić information content (AvgIpc) is 2.41. The lowest BCUT2D eigenvalue weighted by Gasteiger charge is -2.43. The maximum absolute atomic E-state index is 11.3. The van der Waals surface area contributed by atoms with Gasteiger partial charge in [-0.1, -0.05) is 31.9 Å². The number of nitrogens with two attached hydrogens (primary N) is 1. The molecule has 2 atom stereocenters. The molecule has 0 saturated heterocycles. The monoisotopic (exact) mass is 277 g/mol. The molecule has 1 aliphatic carbocycles. The summed E-state index contributed by atoms with van der Waals surface area (Å²) in [5.74, 6) is 0.418. The minimum absolute atomic E-state index is 0.165. The number of benzene rings is 1. The topological polar surface area (TPSA) is 81.2 Å². The van der Waals surface area contributed by atoms with Crippen LogP contribution in [0.2, 0.25) is 0 Å². The molecule has 1 aromatic carbocycles. The molecule has 5 nitrogen and oxygen atoms in total. The molecule has 0 aromatic heterocycles. The van der Waals surface area contributed by atoms with Crippen LogP contribution < -0.4 is 11.1 Å². The number of rotatable bonds is 4. The predicted octanol–water partition coefficient (Wildman–Crippen LogP) is 3.22. The van der Waals surface area contributed by atoms with Crippen LogP contribution in [0.3, 0.4) is 0 Å². The van der Waals surface area contributed by atoms with Gasteiger partial charge in [-0.25, -0.2) is 0 Å². The predicted molar refractivity (Wildman–Crippen MR) is 80.9 cm³/mol. The minimum atomic E-state index is -0.310. The van der Waals surface area contributed by atoms with Crippen LogP contribution in [-0.2, 0) is 0 Å². The van der Waals surface area contributed by atoms with Crippen LogP contribution in [-0.4, -0.2) is 17.0 Å². The number of hydrogen-bond acceptors (Lipinski definition) is 4. The van der Waals surface area contributed by atoms with E-state index in [9.17, 15) is 10.1 Å². The van der Waals surface area contributed by atoms with Gasteiger partial charge in [-0.2, -0.15) is 0 Å². The Balaban J connectivity index is 2.37. The SMILES string of the molecule is Cc1cccc(NC2(CN)CCCCC2C)c1[N+](=O)[O-]. The van der Waals surface area contributed by atoms with Gasteiger partial charge in [-0.3, -0.25) is 10.1 Å². The van der Waals surface area contributed by atoms with E-state index >= 15 is 0 Å². The Morgan fingerprint density at radius 3 is 2.85 bits per heavy atom. The Bertz CT molecular complexity index is 504. The van der Waals surface area contributed by atoms with Gasteiger partial charge in [0.05, 0.1) is 10.5 Å². The first-order valence-corrected chi connectivity index (χ1v) is 7.22. The highest BCUT2D eigenvalue weighted by Crippen LogP contribution is 2.38. The van der Waals surface area contributed by atoms with E-state index in [4.69, 9.17) is 5.73 Å². The van der Waals surface area contributed by atoms with Crippen LogP contribution in [0.5, 0.6) is 0 Å². The van der Waals surface area contributed by atoms with Crippen LogP contribution in [0.4, 0.5) is 11.4 Å². The summed E-state index contributed by atoms with van der Waals surface area (Å²) in [4.78, 5) is 11.0. The number of aryl methyl sites for hydroxylation is 1. The molecule has 0 heterocycles. The number of hydrogen-bond donors (Lipinski definition) is 2. The first kappa shape index (κ1) is 14.8. The van der Waals surface area contributed by atoms with Crippen molar-refractivity contribution in [1.29, 1.82) is 0 Å². The van der Waals surface area contributed by atoms with Gasteiger partial charge >= 0.3 is 0 Å². The summed E-state index contributed by atoms with van der Waals surface area (Å²) < 4.78 is 0. The molecule has 0 bridgehead atoms. The molecule has 0 spiro atoms. The molecular formula is C15H23N3O2. The standard InChI is InChI=1S/C15H23N3O2/c1-11-6-5-8-13(14(11)18(19)20)17-15(10-16)9-4-3-7-12(15)2/h5-6,8,12,17H,3-4,7,9-10,16H2,1-2H3. The number of anilines is 1. The van der Waals surface area contributed by atoms with Gasteiger partial charge in [-0.15, -0.1) is 0 Å². The fourth-order valence-electron chi connectivity index (χ4n) is 3.22. The second kappa shape index (κ2) is 5.79. The molecule has 3 N–H and O–H groups in total. The summed E-state index contributed by atoms with van der Waals surface area (Å²) in [6, 6.07) is 5.40. The molecule has 1 aliphatic rings. The Hall–Kier alpha value is -1.62. The molecule has 0 aliphatic heterocycles. The van der Waals surface area contributed by atoms with Gasteiger partial charge in [0.25, 0.3) is 5.69 Å². The molecule has 0 amide bonds. The Morgan fingerprint density at radius 2 is 2.25 bits per heavy atom. The van der Waals surface area contributed by atoms with E-state index < -0.39 is 0 Å². The molecule has 0 radical (unpaired) electrons. The molecule has 1 aromatic rings. The van der Waals surface area contributed by atoms with Crippen molar-refractivity contribution < 1.29 is 4.92 Å². The highest BCUT2D eigenvalue weighted by molar-refractivity contribution is 5.66. The first-order chi connectivity index (χ1) is 9.50. The summed E-state index contributed by atoms with van der Waals surface area (Å²) in [5.41, 5.74) is 7.22. The lowest BCUT2D eigenvalue weighted by Crippen LogP contribution is -2.52. The smallest absolute Gasteiger partial charge is 0.295 e. The zero-order valence-corrected chi connectivity index (χ0v) is 12.2. The van der Waals surface area contributed by atoms with E-state index in [1.165, 1.54) is 6.42 Å². The molecule has 1 fully saturated rings. The van der Waals surface area contributed by atoms with Gasteiger partial charge < -0.3 is 11.1 Å². The molecule has 5 heteroatoms. The number of nitrogens with one attached hydrogen (secondary N) is 1. The van der Waals surface area contributed by atoms with Crippen LogP contribution >= 0.6 is 0 Å². The lowest BCUT2D eigenvalue weighted by molar-refractivity contribution is -0.384. The second-order valence-corrected chi connectivity index (χ2v) is 5.86. The van der Waals surface area contributed by atoms with Gasteiger partial charge in [0.1, 0.15) is 5.69 Å². The molecule has 20 heavy (non-hydrogen) atoms. The van der Waals surface area contributed by atoms with E-state index in [-0.39, 0.29) is 16.1 Å². The summed E-state index contributed by atoms with van der Waals surface area (Å²) in [7, 11) is 0. The number of nitrogens with zero attached hydrogens (tertiary/aromatic N) is 1. The number of nitro benzene ring substituents is 1. The van der Waals surface area contributed by atoms with Crippen molar-refractivity contribution in [2.24, 2.45) is 11.7 Å². The number of nitro groups is 1. The minimum Gasteiger partial charge on any atom is -0.373 e. The zero-order chi connectivity index (χ0) is 14.8. The molecule has 110 valence electrons. The third kappa shape index (κ3) is 2.63. The van der Waals surface area contributed by atoms with E-state index in [1.807, 2.05) is 6.07 Å². The van der Waals surface area contributed by atoms with E-state index in [1.54, 1.807) is 19.1 Å². The van der Waals surface area contributed by atoms with Crippen molar-refractivity contribution in [2.45, 2.75) is 45.1 Å².